The maximum absolute atomic E-state index is 11.4. The summed E-state index contributed by atoms with van der Waals surface area (Å²) in [4.78, 5) is 19.8. The molecule has 0 aliphatic rings. The molecule has 0 unspecified atom stereocenters. The third-order valence-electron chi connectivity index (χ3n) is 2.18. The predicted molar refractivity (Wildman–Crippen MR) is 68.9 cm³/mol. The molecule has 2 aromatic rings. The van der Waals surface area contributed by atoms with Crippen molar-refractivity contribution in [3.05, 3.63) is 29.9 Å². The van der Waals surface area contributed by atoms with Crippen LogP contribution in [-0.4, -0.2) is 15.9 Å². The summed E-state index contributed by atoms with van der Waals surface area (Å²) in [6, 6.07) is 3.81. The van der Waals surface area contributed by atoms with Crippen LogP contribution in [0.5, 0.6) is 0 Å². The minimum Gasteiger partial charge on any atom is -0.302 e. The third-order valence-corrected chi connectivity index (χ3v) is 2.94. The molecule has 4 nitrogen and oxygen atoms in total. The standard InChI is InChI=1S/C12H13N3OS/c1-2-4-11(16)15-12-14-10(8-17-12)9-5-3-6-13-7-9/h3,5-8H,2,4H2,1H3,(H,14,15,16). The van der Waals surface area contributed by atoms with Crippen molar-refractivity contribution in [2.75, 3.05) is 5.32 Å². The molecule has 0 fully saturated rings. The van der Waals surface area contributed by atoms with Crippen molar-refractivity contribution in [2.45, 2.75) is 19.8 Å². The number of nitrogens with one attached hydrogen (secondary N) is 1. The average Bonchev–Trinajstić information content (AvgIpc) is 2.79. The lowest BCUT2D eigenvalue weighted by Crippen LogP contribution is -2.10. The molecule has 2 rings (SSSR count). The van der Waals surface area contributed by atoms with E-state index in [1.54, 1.807) is 12.4 Å². The van der Waals surface area contributed by atoms with Crippen LogP contribution in [0, 0.1) is 0 Å². The largest absolute Gasteiger partial charge is 0.302 e. The van der Waals surface area contributed by atoms with E-state index in [0.717, 1.165) is 17.7 Å². The van der Waals surface area contributed by atoms with Gasteiger partial charge in [0.05, 0.1) is 5.69 Å². The molecule has 5 heteroatoms. The van der Waals surface area contributed by atoms with E-state index in [-0.39, 0.29) is 5.91 Å². The Balaban J connectivity index is 2.09. The number of rotatable bonds is 4. The molecular weight excluding hydrogens is 234 g/mol. The Morgan fingerprint density at radius 2 is 2.41 bits per heavy atom. The molecule has 0 saturated carbocycles. The minimum atomic E-state index is 0.0135. The van der Waals surface area contributed by atoms with Crippen LogP contribution in [0.25, 0.3) is 11.3 Å². The van der Waals surface area contributed by atoms with Crippen LogP contribution < -0.4 is 5.32 Å². The van der Waals surface area contributed by atoms with Gasteiger partial charge in [-0.05, 0) is 18.6 Å². The van der Waals surface area contributed by atoms with Crippen molar-refractivity contribution in [1.82, 2.24) is 9.97 Å². The lowest BCUT2D eigenvalue weighted by atomic mass is 10.2. The number of thiazole rings is 1. The van der Waals surface area contributed by atoms with E-state index >= 15 is 0 Å². The molecule has 0 atom stereocenters. The number of carbonyl (C=O) groups excluding carboxylic acids is 1. The summed E-state index contributed by atoms with van der Waals surface area (Å²) < 4.78 is 0. The molecule has 1 amide bonds. The van der Waals surface area contributed by atoms with Gasteiger partial charge in [-0.2, -0.15) is 0 Å². The average molecular weight is 247 g/mol. The van der Waals surface area contributed by atoms with E-state index in [0.29, 0.717) is 11.6 Å². The quantitative estimate of drug-likeness (QED) is 0.903. The predicted octanol–water partition coefficient (Wildman–Crippen LogP) is 2.94. The Hall–Kier alpha value is -1.75. The highest BCUT2D eigenvalue weighted by Crippen LogP contribution is 2.24. The van der Waals surface area contributed by atoms with Gasteiger partial charge < -0.3 is 5.32 Å². The highest BCUT2D eigenvalue weighted by atomic mass is 32.1. The second-order valence-electron chi connectivity index (χ2n) is 3.58. The fourth-order valence-corrected chi connectivity index (χ4v) is 2.12. The Morgan fingerprint density at radius 1 is 1.53 bits per heavy atom. The summed E-state index contributed by atoms with van der Waals surface area (Å²) in [6.45, 7) is 1.97. The van der Waals surface area contributed by atoms with Gasteiger partial charge in [0.2, 0.25) is 5.91 Å². The van der Waals surface area contributed by atoms with Crippen LogP contribution in [0.4, 0.5) is 5.13 Å². The van der Waals surface area contributed by atoms with Gasteiger partial charge in [0, 0.05) is 29.8 Å². The summed E-state index contributed by atoms with van der Waals surface area (Å²) in [5.41, 5.74) is 1.80. The van der Waals surface area contributed by atoms with E-state index < -0.39 is 0 Å². The highest BCUT2D eigenvalue weighted by Gasteiger charge is 2.07. The first-order chi connectivity index (χ1) is 8.29. The summed E-state index contributed by atoms with van der Waals surface area (Å²) in [5.74, 6) is 0.0135. The molecule has 0 aromatic carbocycles. The molecule has 0 spiro atoms. The molecule has 88 valence electrons. The van der Waals surface area contributed by atoms with Crippen LogP contribution in [-0.2, 0) is 4.79 Å². The summed E-state index contributed by atoms with van der Waals surface area (Å²) in [7, 11) is 0. The first-order valence-corrected chi connectivity index (χ1v) is 6.33. The van der Waals surface area contributed by atoms with Crippen LogP contribution in [0.2, 0.25) is 0 Å². The van der Waals surface area contributed by atoms with Gasteiger partial charge in [-0.25, -0.2) is 4.98 Å². The maximum atomic E-state index is 11.4. The smallest absolute Gasteiger partial charge is 0.226 e. The van der Waals surface area contributed by atoms with E-state index in [9.17, 15) is 4.79 Å². The zero-order chi connectivity index (χ0) is 12.1. The van der Waals surface area contributed by atoms with Crippen LogP contribution >= 0.6 is 11.3 Å². The summed E-state index contributed by atoms with van der Waals surface area (Å²) in [6.07, 6.45) is 4.85. The fraction of sp³-hybridized carbons (Fsp3) is 0.250. The van der Waals surface area contributed by atoms with Crippen LogP contribution in [0.1, 0.15) is 19.8 Å². The number of hydrogen-bond acceptors (Lipinski definition) is 4. The van der Waals surface area contributed by atoms with Gasteiger partial charge in [0.25, 0.3) is 0 Å². The molecule has 0 bridgehead atoms. The van der Waals surface area contributed by atoms with Gasteiger partial charge in [-0.1, -0.05) is 6.92 Å². The molecule has 0 aliphatic heterocycles. The number of nitrogens with zero attached hydrogens (tertiary/aromatic N) is 2. The normalized spacial score (nSPS) is 10.2. The SMILES string of the molecule is CCCC(=O)Nc1nc(-c2cccnc2)cs1. The number of pyridine rings is 1. The van der Waals surface area contributed by atoms with E-state index in [1.165, 1.54) is 11.3 Å². The Labute approximate surface area is 104 Å². The first kappa shape index (κ1) is 11.7. The summed E-state index contributed by atoms with van der Waals surface area (Å²) in [5, 5.41) is 5.34. The van der Waals surface area contributed by atoms with E-state index in [2.05, 4.69) is 15.3 Å². The second kappa shape index (κ2) is 5.54. The Kier molecular flexibility index (Phi) is 3.82. The third kappa shape index (κ3) is 3.10. The van der Waals surface area contributed by atoms with Crippen molar-refractivity contribution < 1.29 is 4.79 Å². The van der Waals surface area contributed by atoms with Crippen molar-refractivity contribution in [1.29, 1.82) is 0 Å². The van der Waals surface area contributed by atoms with Gasteiger partial charge in [-0.15, -0.1) is 11.3 Å². The van der Waals surface area contributed by atoms with Crippen molar-refractivity contribution in [3.63, 3.8) is 0 Å². The topological polar surface area (TPSA) is 54.9 Å². The Bertz CT molecular complexity index is 495. The molecule has 0 saturated heterocycles. The van der Waals surface area contributed by atoms with E-state index in [4.69, 9.17) is 0 Å². The highest BCUT2D eigenvalue weighted by molar-refractivity contribution is 7.14. The van der Waals surface area contributed by atoms with Crippen LogP contribution in [0.15, 0.2) is 29.9 Å². The number of hydrogen-bond donors (Lipinski definition) is 1. The van der Waals surface area contributed by atoms with Gasteiger partial charge in [0.15, 0.2) is 5.13 Å². The van der Waals surface area contributed by atoms with Crippen molar-refractivity contribution >= 4 is 22.4 Å². The number of amides is 1. The molecule has 2 aromatic heterocycles. The molecule has 0 radical (unpaired) electrons. The molecule has 17 heavy (non-hydrogen) atoms. The maximum Gasteiger partial charge on any atom is 0.226 e. The zero-order valence-electron chi connectivity index (χ0n) is 9.51. The van der Waals surface area contributed by atoms with Crippen molar-refractivity contribution in [2.24, 2.45) is 0 Å². The zero-order valence-corrected chi connectivity index (χ0v) is 10.3. The lowest BCUT2D eigenvalue weighted by Gasteiger charge is -1.98. The monoisotopic (exact) mass is 247 g/mol. The Morgan fingerprint density at radius 3 is 3.12 bits per heavy atom. The van der Waals surface area contributed by atoms with Gasteiger partial charge >= 0.3 is 0 Å². The molecule has 2 heterocycles. The fourth-order valence-electron chi connectivity index (χ4n) is 1.39. The number of carbonyl (C=O) groups is 1. The van der Waals surface area contributed by atoms with Gasteiger partial charge in [0.1, 0.15) is 0 Å². The lowest BCUT2D eigenvalue weighted by molar-refractivity contribution is -0.116. The minimum absolute atomic E-state index is 0.0135. The number of aromatic nitrogens is 2. The molecule has 1 N–H and O–H groups in total. The van der Waals surface area contributed by atoms with Crippen LogP contribution in [0.3, 0.4) is 0 Å². The summed E-state index contributed by atoms with van der Waals surface area (Å²) >= 11 is 1.43. The van der Waals surface area contributed by atoms with Gasteiger partial charge in [-0.3, -0.25) is 9.78 Å². The molecule has 0 aliphatic carbocycles. The second-order valence-corrected chi connectivity index (χ2v) is 4.44. The van der Waals surface area contributed by atoms with Crippen molar-refractivity contribution in [3.8, 4) is 11.3 Å². The number of anilines is 1. The first-order valence-electron chi connectivity index (χ1n) is 5.45. The molecular formula is C12H13N3OS. The van der Waals surface area contributed by atoms with E-state index in [1.807, 2.05) is 24.4 Å².